The molecule has 118 valence electrons. The standard InChI is InChI=1S/C15H24ClF3O/c1-9-3-6-11(7-4-9)15(18,19)20-12-8-5-10(2)13(16)14(12)17/h9-14H,3-8H2,1-2H3. The maximum atomic E-state index is 14.2. The Morgan fingerprint density at radius 2 is 1.60 bits per heavy atom. The summed E-state index contributed by atoms with van der Waals surface area (Å²) in [7, 11) is 0. The summed E-state index contributed by atoms with van der Waals surface area (Å²) in [5, 5.41) is -0.726. The molecule has 0 radical (unpaired) electrons. The topological polar surface area (TPSA) is 9.23 Å². The van der Waals surface area contributed by atoms with Crippen LogP contribution in [-0.4, -0.2) is 23.8 Å². The Balaban J connectivity index is 1.94. The van der Waals surface area contributed by atoms with E-state index in [4.69, 9.17) is 16.3 Å². The quantitative estimate of drug-likeness (QED) is 0.654. The molecule has 0 heterocycles. The molecule has 0 aromatic carbocycles. The predicted molar refractivity (Wildman–Crippen MR) is 73.9 cm³/mol. The Labute approximate surface area is 124 Å². The van der Waals surface area contributed by atoms with Crippen molar-refractivity contribution in [1.29, 1.82) is 0 Å². The number of halogens is 4. The van der Waals surface area contributed by atoms with Crippen molar-refractivity contribution in [2.45, 2.75) is 76.1 Å². The first-order chi connectivity index (χ1) is 9.31. The maximum Gasteiger partial charge on any atom is 0.358 e. The van der Waals surface area contributed by atoms with E-state index in [-0.39, 0.29) is 5.92 Å². The lowest BCUT2D eigenvalue weighted by Crippen LogP contribution is -2.47. The van der Waals surface area contributed by atoms with Crippen LogP contribution in [0, 0.1) is 17.8 Å². The van der Waals surface area contributed by atoms with Crippen LogP contribution < -0.4 is 0 Å². The van der Waals surface area contributed by atoms with E-state index in [1.54, 1.807) is 0 Å². The van der Waals surface area contributed by atoms with E-state index in [1.165, 1.54) is 0 Å². The normalized spacial score (nSPS) is 43.5. The zero-order valence-corrected chi connectivity index (χ0v) is 12.9. The van der Waals surface area contributed by atoms with Crippen LogP contribution in [-0.2, 0) is 4.74 Å². The van der Waals surface area contributed by atoms with E-state index in [0.717, 1.165) is 12.8 Å². The summed E-state index contributed by atoms with van der Waals surface area (Å²) in [6, 6.07) is 0. The number of hydrogen-bond acceptors (Lipinski definition) is 1. The van der Waals surface area contributed by atoms with Crippen LogP contribution in [0.4, 0.5) is 13.2 Å². The molecule has 20 heavy (non-hydrogen) atoms. The minimum atomic E-state index is -3.23. The van der Waals surface area contributed by atoms with E-state index in [1.807, 2.05) is 6.92 Å². The van der Waals surface area contributed by atoms with Gasteiger partial charge in [-0.1, -0.05) is 26.7 Å². The highest BCUT2D eigenvalue weighted by Gasteiger charge is 2.48. The molecule has 0 aromatic rings. The monoisotopic (exact) mass is 312 g/mol. The molecule has 2 rings (SSSR count). The van der Waals surface area contributed by atoms with Gasteiger partial charge in [0.05, 0.1) is 17.4 Å². The Kier molecular flexibility index (Phi) is 5.28. The van der Waals surface area contributed by atoms with Crippen molar-refractivity contribution in [2.24, 2.45) is 17.8 Å². The summed E-state index contributed by atoms with van der Waals surface area (Å²) in [6.45, 7) is 3.93. The van der Waals surface area contributed by atoms with Crippen LogP contribution in [0.5, 0.6) is 0 Å². The summed E-state index contributed by atoms with van der Waals surface area (Å²) in [4.78, 5) is 0. The predicted octanol–water partition coefficient (Wildman–Crippen LogP) is 5.17. The van der Waals surface area contributed by atoms with Gasteiger partial charge in [0.25, 0.3) is 0 Å². The summed E-state index contributed by atoms with van der Waals surface area (Å²) in [6.07, 6.45) is -2.34. The van der Waals surface area contributed by atoms with Crippen molar-refractivity contribution in [1.82, 2.24) is 0 Å². The van der Waals surface area contributed by atoms with Crippen LogP contribution in [0.1, 0.15) is 52.4 Å². The Bertz CT molecular complexity index is 318. The van der Waals surface area contributed by atoms with Gasteiger partial charge in [-0.05, 0) is 37.5 Å². The summed E-state index contributed by atoms with van der Waals surface area (Å²) >= 11 is 5.95. The molecule has 2 saturated carbocycles. The fraction of sp³-hybridized carbons (Fsp3) is 1.00. The minimum Gasteiger partial charge on any atom is -0.314 e. The van der Waals surface area contributed by atoms with Crippen LogP contribution in [0.3, 0.4) is 0 Å². The third kappa shape index (κ3) is 3.62. The lowest BCUT2D eigenvalue weighted by atomic mass is 9.82. The van der Waals surface area contributed by atoms with Crippen LogP contribution in [0.25, 0.3) is 0 Å². The first-order valence-electron chi connectivity index (χ1n) is 7.65. The van der Waals surface area contributed by atoms with Gasteiger partial charge in [0.2, 0.25) is 0 Å². The molecule has 0 aliphatic heterocycles. The van der Waals surface area contributed by atoms with Gasteiger partial charge in [0, 0.05) is 0 Å². The van der Waals surface area contributed by atoms with Crippen molar-refractivity contribution >= 4 is 11.6 Å². The molecule has 5 heteroatoms. The second-order valence-electron chi connectivity index (χ2n) is 6.62. The minimum absolute atomic E-state index is 0.00988. The molecule has 4 unspecified atom stereocenters. The van der Waals surface area contributed by atoms with Gasteiger partial charge < -0.3 is 4.74 Å². The van der Waals surface area contributed by atoms with Crippen molar-refractivity contribution in [3.05, 3.63) is 0 Å². The Morgan fingerprint density at radius 3 is 2.20 bits per heavy atom. The molecule has 2 aliphatic carbocycles. The second kappa shape index (κ2) is 6.43. The first kappa shape index (κ1) is 16.4. The summed E-state index contributed by atoms with van der Waals surface area (Å²) in [5.41, 5.74) is 0. The smallest absolute Gasteiger partial charge is 0.314 e. The highest BCUT2D eigenvalue weighted by atomic mass is 35.5. The van der Waals surface area contributed by atoms with E-state index in [9.17, 15) is 13.2 Å². The Hall–Kier alpha value is 0.0400. The SMILES string of the molecule is CC1CCC(C(F)(F)OC2CCC(C)C(Cl)C2F)CC1. The number of alkyl halides is 4. The lowest BCUT2D eigenvalue weighted by Gasteiger charge is -2.39. The molecule has 0 spiro atoms. The number of ether oxygens (including phenoxy) is 1. The molecular formula is C15H24ClF3O. The second-order valence-corrected chi connectivity index (χ2v) is 7.12. The number of hydrogen-bond donors (Lipinski definition) is 0. The van der Waals surface area contributed by atoms with E-state index < -0.39 is 29.7 Å². The van der Waals surface area contributed by atoms with Crippen molar-refractivity contribution in [3.8, 4) is 0 Å². The van der Waals surface area contributed by atoms with Gasteiger partial charge in [0.1, 0.15) is 6.17 Å². The van der Waals surface area contributed by atoms with E-state index >= 15 is 0 Å². The summed E-state index contributed by atoms with van der Waals surface area (Å²) < 4.78 is 47.3. The molecule has 0 bridgehead atoms. The van der Waals surface area contributed by atoms with E-state index in [0.29, 0.717) is 31.6 Å². The Morgan fingerprint density at radius 1 is 1.00 bits per heavy atom. The number of rotatable bonds is 3. The molecule has 1 nitrogen and oxygen atoms in total. The highest BCUT2D eigenvalue weighted by Crippen LogP contribution is 2.42. The average molecular weight is 313 g/mol. The molecule has 2 aliphatic rings. The molecule has 4 atom stereocenters. The van der Waals surface area contributed by atoms with Crippen molar-refractivity contribution in [3.63, 3.8) is 0 Å². The third-order valence-corrected chi connectivity index (χ3v) is 5.58. The van der Waals surface area contributed by atoms with Gasteiger partial charge in [-0.2, -0.15) is 8.78 Å². The van der Waals surface area contributed by atoms with Crippen LogP contribution in [0.15, 0.2) is 0 Å². The zero-order valence-electron chi connectivity index (χ0n) is 12.1. The van der Waals surface area contributed by atoms with Gasteiger partial charge in [0.15, 0.2) is 0 Å². The molecule has 2 fully saturated rings. The average Bonchev–Trinajstić information content (AvgIpc) is 2.40. The molecule has 0 amide bonds. The van der Waals surface area contributed by atoms with Crippen LogP contribution >= 0.6 is 11.6 Å². The van der Waals surface area contributed by atoms with Crippen molar-refractivity contribution in [2.75, 3.05) is 0 Å². The van der Waals surface area contributed by atoms with Crippen molar-refractivity contribution < 1.29 is 17.9 Å². The van der Waals surface area contributed by atoms with E-state index in [2.05, 4.69) is 6.92 Å². The van der Waals surface area contributed by atoms with Gasteiger partial charge in [-0.15, -0.1) is 11.6 Å². The first-order valence-corrected chi connectivity index (χ1v) is 8.08. The molecular weight excluding hydrogens is 289 g/mol. The van der Waals surface area contributed by atoms with Gasteiger partial charge in [-0.3, -0.25) is 0 Å². The maximum absolute atomic E-state index is 14.2. The van der Waals surface area contributed by atoms with Gasteiger partial charge in [-0.25, -0.2) is 4.39 Å². The highest BCUT2D eigenvalue weighted by molar-refractivity contribution is 6.21. The summed E-state index contributed by atoms with van der Waals surface area (Å²) in [5.74, 6) is -0.270. The third-order valence-electron chi connectivity index (χ3n) is 4.91. The fourth-order valence-electron chi connectivity index (χ4n) is 3.28. The fourth-order valence-corrected chi connectivity index (χ4v) is 3.57. The lowest BCUT2D eigenvalue weighted by molar-refractivity contribution is -0.308. The molecule has 0 N–H and O–H groups in total. The molecule has 0 saturated heterocycles. The van der Waals surface area contributed by atoms with Gasteiger partial charge >= 0.3 is 6.11 Å². The molecule has 0 aromatic heterocycles. The zero-order chi connectivity index (χ0) is 14.9. The largest absolute Gasteiger partial charge is 0.358 e. The van der Waals surface area contributed by atoms with Crippen LogP contribution in [0.2, 0.25) is 0 Å².